The zero-order valence-electron chi connectivity index (χ0n) is 29.7. The summed E-state index contributed by atoms with van der Waals surface area (Å²) >= 11 is 0. The molecule has 0 aliphatic carbocycles. The van der Waals surface area contributed by atoms with Crippen LogP contribution in [0.1, 0.15) is 76.7 Å². The first-order valence-electron chi connectivity index (χ1n) is 17.8. The Bertz CT molecular complexity index is 1750. The second kappa shape index (κ2) is 15.5. The Hall–Kier alpha value is -4.66. The second-order valence-corrected chi connectivity index (χ2v) is 13.3. The molecule has 2 aliphatic rings. The molecule has 5 atom stereocenters. The van der Waals surface area contributed by atoms with Crippen LogP contribution < -0.4 is 14.4 Å². The minimum absolute atomic E-state index is 0.243. The van der Waals surface area contributed by atoms with Crippen molar-refractivity contribution >= 4 is 17.5 Å². The van der Waals surface area contributed by atoms with Crippen LogP contribution in [-0.4, -0.2) is 54.9 Å². The van der Waals surface area contributed by atoms with Gasteiger partial charge in [-0.15, -0.1) is 0 Å². The number of amides is 2. The average Bonchev–Trinajstić information content (AvgIpc) is 3.15. The molecule has 0 N–H and O–H groups in total. The van der Waals surface area contributed by atoms with E-state index in [-0.39, 0.29) is 17.9 Å². The quantitative estimate of drug-likeness (QED) is 0.0985. The number of anilines is 1. The molecule has 2 heterocycles. The highest BCUT2D eigenvalue weighted by Crippen LogP contribution is 2.48. The topological polar surface area (TPSA) is 77.5 Å². The number of carbonyl (C=O) groups excluding carboxylic acids is 2. The number of likely N-dealkylation sites (N-methyl/N-ethyl adjacent to an activating group) is 1. The maximum absolute atomic E-state index is 14.3. The third-order valence-electron chi connectivity index (χ3n) is 9.71. The predicted molar refractivity (Wildman–Crippen MR) is 195 cm³/mol. The van der Waals surface area contributed by atoms with E-state index in [1.54, 1.807) is 23.8 Å². The Morgan fingerprint density at radius 1 is 0.780 bits per heavy atom. The SMILES string of the molecule is CCCCOc1ccc([C@@H]2[C@H](O[C@@]3(C)O[C@H](c4ccccc4)[C@H](C)N(C)C3=O)C(=O)N2c2ccc(-c3ccccc3)cc2)c(OCCCC)c1. The van der Waals surface area contributed by atoms with Crippen LogP contribution in [0.15, 0.2) is 103 Å². The molecule has 8 heteroatoms. The average molecular weight is 677 g/mol. The molecule has 2 fully saturated rings. The number of β-lactam (4-membered cyclic amide) rings is 1. The monoisotopic (exact) mass is 676 g/mol. The molecule has 0 unspecified atom stereocenters. The van der Waals surface area contributed by atoms with Gasteiger partial charge in [0.25, 0.3) is 11.8 Å². The third-order valence-corrected chi connectivity index (χ3v) is 9.71. The lowest BCUT2D eigenvalue weighted by Gasteiger charge is -2.52. The Morgan fingerprint density at radius 2 is 1.40 bits per heavy atom. The fourth-order valence-electron chi connectivity index (χ4n) is 6.66. The van der Waals surface area contributed by atoms with Gasteiger partial charge in [0.2, 0.25) is 5.79 Å². The first-order valence-corrected chi connectivity index (χ1v) is 17.8. The van der Waals surface area contributed by atoms with E-state index in [9.17, 15) is 9.59 Å². The number of ether oxygens (including phenoxy) is 4. The standard InChI is InChI=1S/C42H48N2O6/c1-6-8-26-47-34-24-25-35(36(28-34)48-27-9-7-2)37-39(40(45)44(37)33-22-20-31(21-23-33)30-16-12-10-13-17-30)50-42(4)41(46)43(5)29(3)38(49-42)32-18-14-11-15-19-32/h10-25,28-29,37-39H,6-9,26-27H2,1-5H3/t29-,37+,38-,39-,42+/m0/s1. The van der Waals surface area contributed by atoms with Crippen molar-refractivity contribution in [1.29, 1.82) is 0 Å². The van der Waals surface area contributed by atoms with Crippen molar-refractivity contribution in [3.05, 3.63) is 114 Å². The summed E-state index contributed by atoms with van der Waals surface area (Å²) in [5.41, 5.74) is 4.55. The van der Waals surface area contributed by atoms with Gasteiger partial charge in [0, 0.05) is 24.4 Å². The molecule has 8 nitrogen and oxygen atoms in total. The number of benzene rings is 4. The molecule has 4 aromatic rings. The lowest BCUT2D eigenvalue weighted by atomic mass is 9.88. The molecule has 2 amide bonds. The number of morpholine rings is 1. The molecule has 2 aliphatic heterocycles. The zero-order chi connectivity index (χ0) is 35.3. The Balaban J connectivity index is 1.37. The van der Waals surface area contributed by atoms with Crippen LogP contribution in [0.5, 0.6) is 11.5 Å². The highest BCUT2D eigenvalue weighted by atomic mass is 16.7. The van der Waals surface area contributed by atoms with Crippen LogP contribution in [-0.2, 0) is 19.1 Å². The van der Waals surface area contributed by atoms with E-state index < -0.39 is 24.0 Å². The number of hydrogen-bond acceptors (Lipinski definition) is 6. The summed E-state index contributed by atoms with van der Waals surface area (Å²) < 4.78 is 25.6. The van der Waals surface area contributed by atoms with Gasteiger partial charge in [-0.1, -0.05) is 99.5 Å². The van der Waals surface area contributed by atoms with Crippen molar-refractivity contribution in [2.24, 2.45) is 0 Å². The van der Waals surface area contributed by atoms with Crippen molar-refractivity contribution in [1.82, 2.24) is 4.90 Å². The largest absolute Gasteiger partial charge is 0.493 e. The molecule has 6 rings (SSSR count). The summed E-state index contributed by atoms with van der Waals surface area (Å²) in [6.45, 7) is 8.94. The van der Waals surface area contributed by atoms with Gasteiger partial charge in [-0.3, -0.25) is 14.5 Å². The number of hydrogen-bond donors (Lipinski definition) is 0. The van der Waals surface area contributed by atoms with Gasteiger partial charge in [0.1, 0.15) is 23.6 Å². The van der Waals surface area contributed by atoms with E-state index in [1.807, 2.05) is 97.9 Å². The van der Waals surface area contributed by atoms with E-state index in [1.165, 1.54) is 0 Å². The lowest BCUT2D eigenvalue weighted by Crippen LogP contribution is -2.67. The van der Waals surface area contributed by atoms with Crippen molar-refractivity contribution in [2.75, 3.05) is 25.2 Å². The Kier molecular flexibility index (Phi) is 10.9. The molecule has 50 heavy (non-hydrogen) atoms. The second-order valence-electron chi connectivity index (χ2n) is 13.3. The molecule has 2 saturated heterocycles. The summed E-state index contributed by atoms with van der Waals surface area (Å²) in [7, 11) is 1.75. The minimum atomic E-state index is -1.71. The van der Waals surface area contributed by atoms with Crippen LogP contribution in [0.3, 0.4) is 0 Å². The van der Waals surface area contributed by atoms with E-state index in [0.717, 1.165) is 53.6 Å². The van der Waals surface area contributed by atoms with Gasteiger partial charge in [-0.2, -0.15) is 0 Å². The van der Waals surface area contributed by atoms with E-state index >= 15 is 0 Å². The summed E-state index contributed by atoms with van der Waals surface area (Å²) in [6, 6.07) is 32.8. The first-order chi connectivity index (χ1) is 24.3. The van der Waals surface area contributed by atoms with Crippen molar-refractivity contribution in [3.63, 3.8) is 0 Å². The summed E-state index contributed by atoms with van der Waals surface area (Å²) in [4.78, 5) is 31.6. The fourth-order valence-corrected chi connectivity index (χ4v) is 6.66. The molecule has 0 spiro atoms. The molecule has 0 aromatic heterocycles. The molecule has 262 valence electrons. The van der Waals surface area contributed by atoms with Gasteiger partial charge in [0.05, 0.1) is 19.3 Å². The van der Waals surface area contributed by atoms with Gasteiger partial charge in [0.15, 0.2) is 6.10 Å². The van der Waals surface area contributed by atoms with Crippen LogP contribution >= 0.6 is 0 Å². The normalized spacial score (nSPS) is 23.5. The summed E-state index contributed by atoms with van der Waals surface area (Å²) in [5.74, 6) is -0.988. The Labute approximate surface area is 295 Å². The van der Waals surface area contributed by atoms with Crippen LogP contribution in [0.2, 0.25) is 0 Å². The minimum Gasteiger partial charge on any atom is -0.493 e. The van der Waals surface area contributed by atoms with Gasteiger partial charge in [-0.05, 0) is 67.6 Å². The summed E-state index contributed by atoms with van der Waals surface area (Å²) in [6.07, 6.45) is 2.35. The molecular weight excluding hydrogens is 628 g/mol. The van der Waals surface area contributed by atoms with Crippen molar-refractivity contribution in [3.8, 4) is 22.6 Å². The molecule has 0 radical (unpaired) electrons. The van der Waals surface area contributed by atoms with Crippen LogP contribution in [0, 0.1) is 0 Å². The number of nitrogens with zero attached hydrogens (tertiary/aromatic N) is 2. The smallest absolute Gasteiger partial charge is 0.282 e. The van der Waals surface area contributed by atoms with Crippen molar-refractivity contribution in [2.45, 2.75) is 83.5 Å². The maximum Gasteiger partial charge on any atom is 0.282 e. The van der Waals surface area contributed by atoms with Crippen LogP contribution in [0.25, 0.3) is 11.1 Å². The van der Waals surface area contributed by atoms with Gasteiger partial charge >= 0.3 is 0 Å². The van der Waals surface area contributed by atoms with Gasteiger partial charge < -0.3 is 23.8 Å². The lowest BCUT2D eigenvalue weighted by molar-refractivity contribution is -0.290. The fraction of sp³-hybridized carbons (Fsp3) is 0.381. The molecule has 4 aromatic carbocycles. The predicted octanol–water partition coefficient (Wildman–Crippen LogP) is 8.52. The molecule has 0 saturated carbocycles. The van der Waals surface area contributed by atoms with E-state index in [2.05, 4.69) is 26.0 Å². The van der Waals surface area contributed by atoms with Crippen LogP contribution in [0.4, 0.5) is 5.69 Å². The van der Waals surface area contributed by atoms with E-state index in [0.29, 0.717) is 24.7 Å². The number of carbonyl (C=O) groups is 2. The third kappa shape index (κ3) is 7.14. The highest BCUT2D eigenvalue weighted by molar-refractivity contribution is 6.05. The Morgan fingerprint density at radius 3 is 2.06 bits per heavy atom. The maximum atomic E-state index is 14.3. The summed E-state index contributed by atoms with van der Waals surface area (Å²) in [5, 5.41) is 0. The zero-order valence-corrected chi connectivity index (χ0v) is 29.7. The molecule has 0 bridgehead atoms. The first kappa shape index (κ1) is 35.2. The van der Waals surface area contributed by atoms with Crippen molar-refractivity contribution < 1.29 is 28.5 Å². The van der Waals surface area contributed by atoms with Gasteiger partial charge in [-0.25, -0.2) is 0 Å². The number of rotatable bonds is 14. The van der Waals surface area contributed by atoms with E-state index in [4.69, 9.17) is 18.9 Å². The molecular formula is C42H48N2O6. The number of unbranched alkanes of at least 4 members (excludes halogenated alkanes) is 2. The highest BCUT2D eigenvalue weighted by Gasteiger charge is 2.58.